The Labute approximate surface area is 149 Å². The van der Waals surface area contributed by atoms with Crippen molar-refractivity contribution in [2.45, 2.75) is 26.7 Å². The number of amides is 2. The van der Waals surface area contributed by atoms with Gasteiger partial charge in [0, 0.05) is 18.7 Å². The van der Waals surface area contributed by atoms with Gasteiger partial charge in [0.15, 0.2) is 0 Å². The maximum Gasteiger partial charge on any atom is 0.230 e. The molecule has 5 nitrogen and oxygen atoms in total. The van der Waals surface area contributed by atoms with Gasteiger partial charge in [-0.05, 0) is 42.6 Å². The quantitative estimate of drug-likeness (QED) is 0.901. The normalized spacial score (nSPS) is 17.4. The Bertz CT molecular complexity index is 773. The van der Waals surface area contributed by atoms with Crippen LogP contribution in [0.5, 0.6) is 0 Å². The predicted octanol–water partition coefficient (Wildman–Crippen LogP) is 3.66. The molecule has 2 aromatic rings. The molecule has 1 aliphatic rings. The molecule has 1 aromatic carbocycles. The lowest BCUT2D eigenvalue weighted by atomic mass is 10.1. The van der Waals surface area contributed by atoms with Gasteiger partial charge in [0.25, 0.3) is 0 Å². The van der Waals surface area contributed by atoms with E-state index in [2.05, 4.69) is 16.6 Å². The fourth-order valence-electron chi connectivity index (χ4n) is 2.69. The zero-order chi connectivity index (χ0) is 17.3. The number of nitrogens with one attached hydrogen (secondary N) is 1. The van der Waals surface area contributed by atoms with Gasteiger partial charge in [-0.15, -0.1) is 0 Å². The molecule has 1 fully saturated rings. The molecule has 0 radical (unpaired) electrons. The molecule has 7 heteroatoms. The number of anilines is 2. The van der Waals surface area contributed by atoms with E-state index in [-0.39, 0.29) is 24.2 Å². The van der Waals surface area contributed by atoms with Crippen molar-refractivity contribution in [1.82, 2.24) is 4.37 Å². The summed E-state index contributed by atoms with van der Waals surface area (Å²) in [6, 6.07) is 7.88. The molecule has 126 valence electrons. The largest absolute Gasteiger partial charge is 0.315 e. The number of hydrogen-bond donors (Lipinski definition) is 1. The number of aromatic nitrogens is 1. The number of rotatable bonds is 4. The van der Waals surface area contributed by atoms with Gasteiger partial charge in [0.05, 0.1) is 16.6 Å². The van der Waals surface area contributed by atoms with E-state index in [0.29, 0.717) is 22.3 Å². The molecule has 1 saturated heterocycles. The fraction of sp³-hybridized carbons (Fsp3) is 0.353. The summed E-state index contributed by atoms with van der Waals surface area (Å²) < 4.78 is 4.11. The van der Waals surface area contributed by atoms with Crippen molar-refractivity contribution in [2.75, 3.05) is 16.8 Å². The number of nitrogens with zero attached hydrogens (tertiary/aromatic N) is 2. The molecule has 0 spiro atoms. The topological polar surface area (TPSA) is 62.3 Å². The minimum Gasteiger partial charge on any atom is -0.315 e. The van der Waals surface area contributed by atoms with Crippen molar-refractivity contribution < 1.29 is 9.59 Å². The number of carbonyl (C=O) groups excluding carboxylic acids is 2. The smallest absolute Gasteiger partial charge is 0.230 e. The molecule has 1 aliphatic heterocycles. The maximum atomic E-state index is 12.4. The number of benzene rings is 1. The molecule has 24 heavy (non-hydrogen) atoms. The van der Waals surface area contributed by atoms with Crippen molar-refractivity contribution >= 4 is 45.6 Å². The number of halogens is 1. The molecule has 0 saturated carbocycles. The Balaban J connectivity index is 1.69. The summed E-state index contributed by atoms with van der Waals surface area (Å²) in [6.07, 6.45) is 1.16. The zero-order valence-corrected chi connectivity index (χ0v) is 15.1. The Morgan fingerprint density at radius 3 is 2.71 bits per heavy atom. The molecule has 1 aromatic heterocycles. The Kier molecular flexibility index (Phi) is 4.87. The van der Waals surface area contributed by atoms with E-state index in [1.807, 2.05) is 24.3 Å². The first-order valence-electron chi connectivity index (χ1n) is 7.81. The highest BCUT2D eigenvalue weighted by molar-refractivity contribution is 7.11. The molecule has 2 heterocycles. The molecule has 0 aliphatic carbocycles. The van der Waals surface area contributed by atoms with Crippen LogP contribution in [0.15, 0.2) is 24.3 Å². The van der Waals surface area contributed by atoms with Crippen LogP contribution in [0.1, 0.15) is 24.6 Å². The zero-order valence-electron chi connectivity index (χ0n) is 13.5. The van der Waals surface area contributed by atoms with Crippen LogP contribution < -0.4 is 10.2 Å². The average molecular weight is 364 g/mol. The van der Waals surface area contributed by atoms with Crippen LogP contribution >= 0.6 is 23.1 Å². The summed E-state index contributed by atoms with van der Waals surface area (Å²) in [5.74, 6) is -0.616. The summed E-state index contributed by atoms with van der Waals surface area (Å²) in [5, 5.41) is 3.79. The van der Waals surface area contributed by atoms with Gasteiger partial charge in [-0.1, -0.05) is 30.7 Å². The fourth-order valence-corrected chi connectivity index (χ4v) is 3.63. The monoisotopic (exact) mass is 363 g/mol. The van der Waals surface area contributed by atoms with Gasteiger partial charge in [-0.3, -0.25) is 9.59 Å². The van der Waals surface area contributed by atoms with Crippen LogP contribution in [0.3, 0.4) is 0 Å². The van der Waals surface area contributed by atoms with Gasteiger partial charge in [0.2, 0.25) is 11.8 Å². The van der Waals surface area contributed by atoms with E-state index in [4.69, 9.17) is 11.6 Å². The van der Waals surface area contributed by atoms with Crippen molar-refractivity contribution in [3.8, 4) is 0 Å². The molecule has 3 rings (SSSR count). The lowest BCUT2D eigenvalue weighted by molar-refractivity contribution is -0.122. The second kappa shape index (κ2) is 6.91. The van der Waals surface area contributed by atoms with Crippen molar-refractivity contribution in [2.24, 2.45) is 5.92 Å². The first kappa shape index (κ1) is 16.9. The number of carbonyl (C=O) groups is 2. The maximum absolute atomic E-state index is 12.4. The summed E-state index contributed by atoms with van der Waals surface area (Å²) in [5.41, 5.74) is 2.74. The van der Waals surface area contributed by atoms with Crippen molar-refractivity contribution in [3.05, 3.63) is 40.5 Å². The van der Waals surface area contributed by atoms with Crippen LogP contribution in [0, 0.1) is 12.8 Å². The second-order valence-electron chi connectivity index (χ2n) is 5.83. The highest BCUT2D eigenvalue weighted by Gasteiger charge is 2.35. The Morgan fingerprint density at radius 1 is 1.42 bits per heavy atom. The molecule has 1 atom stereocenters. The predicted molar refractivity (Wildman–Crippen MR) is 96.8 cm³/mol. The molecule has 1 N–H and O–H groups in total. The van der Waals surface area contributed by atoms with Crippen LogP contribution in [0.2, 0.25) is 5.02 Å². The number of aryl methyl sites for hydroxylation is 2. The first-order chi connectivity index (χ1) is 11.5. The Morgan fingerprint density at radius 2 is 2.12 bits per heavy atom. The van der Waals surface area contributed by atoms with E-state index in [0.717, 1.165) is 23.6 Å². The Hall–Kier alpha value is -1.92. The first-order valence-corrected chi connectivity index (χ1v) is 8.96. The summed E-state index contributed by atoms with van der Waals surface area (Å²) in [4.78, 5) is 26.4. The SMILES string of the molecule is CCc1ccc(N2CC(C(=O)Nc3snc(C)c3Cl)CC2=O)cc1. The third kappa shape index (κ3) is 3.30. The minimum atomic E-state index is -0.387. The van der Waals surface area contributed by atoms with Gasteiger partial charge in [-0.2, -0.15) is 4.37 Å². The van der Waals surface area contributed by atoms with Crippen LogP contribution in [0.25, 0.3) is 0 Å². The van der Waals surface area contributed by atoms with E-state index >= 15 is 0 Å². The molecule has 1 unspecified atom stereocenters. The highest BCUT2D eigenvalue weighted by Crippen LogP contribution is 2.31. The van der Waals surface area contributed by atoms with E-state index in [1.54, 1.807) is 11.8 Å². The van der Waals surface area contributed by atoms with Gasteiger partial charge in [-0.25, -0.2) is 0 Å². The lowest BCUT2D eigenvalue weighted by Crippen LogP contribution is -2.28. The lowest BCUT2D eigenvalue weighted by Gasteiger charge is -2.17. The van der Waals surface area contributed by atoms with Crippen molar-refractivity contribution in [1.29, 1.82) is 0 Å². The third-order valence-corrected chi connectivity index (χ3v) is 5.61. The number of hydrogen-bond acceptors (Lipinski definition) is 4. The molecule has 0 bridgehead atoms. The van der Waals surface area contributed by atoms with Crippen LogP contribution in [0.4, 0.5) is 10.7 Å². The van der Waals surface area contributed by atoms with E-state index in [1.165, 1.54) is 5.56 Å². The highest BCUT2D eigenvalue weighted by atomic mass is 35.5. The second-order valence-corrected chi connectivity index (χ2v) is 6.98. The standard InChI is InChI=1S/C17H18ClN3O2S/c1-3-11-4-6-13(7-5-11)21-9-12(8-14(21)22)16(23)19-17-15(18)10(2)20-24-17/h4-7,12H,3,8-9H2,1-2H3,(H,19,23). The van der Waals surface area contributed by atoms with E-state index in [9.17, 15) is 9.59 Å². The van der Waals surface area contributed by atoms with E-state index < -0.39 is 0 Å². The van der Waals surface area contributed by atoms with Gasteiger partial charge >= 0.3 is 0 Å². The summed E-state index contributed by atoms with van der Waals surface area (Å²) >= 11 is 7.25. The van der Waals surface area contributed by atoms with Crippen LogP contribution in [-0.4, -0.2) is 22.7 Å². The molecule has 2 amide bonds. The van der Waals surface area contributed by atoms with Gasteiger partial charge < -0.3 is 10.2 Å². The molecular formula is C17H18ClN3O2S. The van der Waals surface area contributed by atoms with Crippen molar-refractivity contribution in [3.63, 3.8) is 0 Å². The average Bonchev–Trinajstić information content (AvgIpc) is 3.12. The summed E-state index contributed by atoms with van der Waals surface area (Å²) in [7, 11) is 0. The molecular weight excluding hydrogens is 346 g/mol. The minimum absolute atomic E-state index is 0.0361. The van der Waals surface area contributed by atoms with Crippen LogP contribution in [-0.2, 0) is 16.0 Å². The summed E-state index contributed by atoms with van der Waals surface area (Å²) in [6.45, 7) is 4.25. The van der Waals surface area contributed by atoms with Gasteiger partial charge in [0.1, 0.15) is 5.00 Å². The third-order valence-electron chi connectivity index (χ3n) is 4.18.